The van der Waals surface area contributed by atoms with Crippen LogP contribution in [0.25, 0.3) is 0 Å². The Hall–Kier alpha value is -1.17. The van der Waals surface area contributed by atoms with Crippen LogP contribution >= 0.6 is 0 Å². The molecule has 0 amide bonds. The lowest BCUT2D eigenvalue weighted by molar-refractivity contribution is 0.0907. The van der Waals surface area contributed by atoms with Crippen LogP contribution in [0.2, 0.25) is 0 Å². The fourth-order valence-electron chi connectivity index (χ4n) is 1.41. The third-order valence-electron chi connectivity index (χ3n) is 2.26. The van der Waals surface area contributed by atoms with Gasteiger partial charge >= 0.3 is 0 Å². The van der Waals surface area contributed by atoms with E-state index < -0.39 is 0 Å². The van der Waals surface area contributed by atoms with Crippen molar-refractivity contribution in [2.24, 2.45) is 0 Å². The zero-order chi connectivity index (χ0) is 12.5. The molecule has 0 bridgehead atoms. The number of hydrogen-bond donors (Lipinski definition) is 3. The summed E-state index contributed by atoms with van der Waals surface area (Å²) >= 11 is 0. The van der Waals surface area contributed by atoms with Crippen molar-refractivity contribution < 1.29 is 14.9 Å². The van der Waals surface area contributed by atoms with Crippen LogP contribution in [-0.4, -0.2) is 41.6 Å². The van der Waals surface area contributed by atoms with E-state index >= 15 is 0 Å². The molecule has 3 N–H and O–H groups in total. The summed E-state index contributed by atoms with van der Waals surface area (Å²) in [4.78, 5) is 4.24. The number of ether oxygens (including phenoxy) is 1. The largest absolute Gasteiger partial charge is 0.506 e. The average molecular weight is 240 g/mol. The normalized spacial score (nSPS) is 10.7. The highest BCUT2D eigenvalue weighted by Gasteiger charge is 2.01. The topological polar surface area (TPSA) is 74.6 Å². The van der Waals surface area contributed by atoms with Gasteiger partial charge in [-0.25, -0.2) is 0 Å². The number of aliphatic hydroxyl groups excluding tert-OH is 1. The number of rotatable bonds is 8. The summed E-state index contributed by atoms with van der Waals surface area (Å²) in [6, 6.07) is 3.44. The molecule has 0 aliphatic heterocycles. The van der Waals surface area contributed by atoms with Crippen LogP contribution in [0.1, 0.15) is 17.8 Å². The van der Waals surface area contributed by atoms with E-state index in [4.69, 9.17) is 9.84 Å². The molecular weight excluding hydrogens is 220 g/mol. The standard InChI is InChI=1S/C12H20N2O3/c1-10-3-4-12(16)11(14-10)9-13-5-2-7-17-8-6-15/h3-4,13,15-16H,2,5-9H2,1H3. The second kappa shape index (κ2) is 8.00. The minimum Gasteiger partial charge on any atom is -0.506 e. The molecule has 0 saturated carbocycles. The molecule has 0 fully saturated rings. The molecule has 0 spiro atoms. The summed E-state index contributed by atoms with van der Waals surface area (Å²) in [7, 11) is 0. The summed E-state index contributed by atoms with van der Waals surface area (Å²) in [5, 5.41) is 21.2. The van der Waals surface area contributed by atoms with Gasteiger partial charge in [-0.2, -0.15) is 0 Å². The first-order chi connectivity index (χ1) is 8.24. The SMILES string of the molecule is Cc1ccc(O)c(CNCCCOCCO)n1. The van der Waals surface area contributed by atoms with Crippen molar-refractivity contribution in [3.8, 4) is 5.75 Å². The van der Waals surface area contributed by atoms with Crippen molar-refractivity contribution in [2.45, 2.75) is 19.9 Å². The number of pyridine rings is 1. The number of aliphatic hydroxyl groups is 1. The fraction of sp³-hybridized carbons (Fsp3) is 0.583. The molecule has 0 saturated heterocycles. The first kappa shape index (κ1) is 13.9. The van der Waals surface area contributed by atoms with Crippen LogP contribution in [-0.2, 0) is 11.3 Å². The van der Waals surface area contributed by atoms with Crippen molar-refractivity contribution >= 4 is 0 Å². The predicted molar refractivity (Wildman–Crippen MR) is 64.9 cm³/mol. The first-order valence-electron chi connectivity index (χ1n) is 5.79. The van der Waals surface area contributed by atoms with Crippen LogP contribution < -0.4 is 5.32 Å². The van der Waals surface area contributed by atoms with Gasteiger partial charge in [0.1, 0.15) is 5.75 Å². The molecular formula is C12H20N2O3. The Labute approximate surface area is 101 Å². The maximum Gasteiger partial charge on any atom is 0.138 e. The Morgan fingerprint density at radius 2 is 2.18 bits per heavy atom. The zero-order valence-electron chi connectivity index (χ0n) is 10.1. The van der Waals surface area contributed by atoms with E-state index in [1.165, 1.54) is 0 Å². The second-order valence-electron chi connectivity index (χ2n) is 3.78. The maximum absolute atomic E-state index is 9.55. The van der Waals surface area contributed by atoms with Crippen molar-refractivity contribution in [3.63, 3.8) is 0 Å². The van der Waals surface area contributed by atoms with Gasteiger partial charge in [-0.15, -0.1) is 0 Å². The summed E-state index contributed by atoms with van der Waals surface area (Å²) in [6.45, 7) is 4.31. The molecule has 17 heavy (non-hydrogen) atoms. The van der Waals surface area contributed by atoms with Gasteiger partial charge in [-0.1, -0.05) is 0 Å². The maximum atomic E-state index is 9.55. The van der Waals surface area contributed by atoms with Gasteiger partial charge in [-0.3, -0.25) is 4.98 Å². The Morgan fingerprint density at radius 1 is 1.35 bits per heavy atom. The molecule has 5 nitrogen and oxygen atoms in total. The molecule has 96 valence electrons. The van der Waals surface area contributed by atoms with Crippen LogP contribution in [0.15, 0.2) is 12.1 Å². The van der Waals surface area contributed by atoms with E-state index in [0.29, 0.717) is 25.5 Å². The van der Waals surface area contributed by atoms with Crippen LogP contribution in [0.3, 0.4) is 0 Å². The average Bonchev–Trinajstić information content (AvgIpc) is 2.32. The van der Waals surface area contributed by atoms with Crippen LogP contribution in [0.5, 0.6) is 5.75 Å². The highest BCUT2D eigenvalue weighted by atomic mass is 16.5. The van der Waals surface area contributed by atoms with Crippen molar-refractivity contribution in [3.05, 3.63) is 23.5 Å². The van der Waals surface area contributed by atoms with Crippen molar-refractivity contribution in [1.82, 2.24) is 10.3 Å². The quantitative estimate of drug-likeness (QED) is 0.580. The monoisotopic (exact) mass is 240 g/mol. The Kier molecular flexibility index (Phi) is 6.54. The zero-order valence-corrected chi connectivity index (χ0v) is 10.1. The predicted octanol–water partition coefficient (Wildman–Crippen LogP) is 0.584. The lowest BCUT2D eigenvalue weighted by atomic mass is 10.3. The smallest absolute Gasteiger partial charge is 0.138 e. The van der Waals surface area contributed by atoms with E-state index in [2.05, 4.69) is 10.3 Å². The molecule has 1 rings (SSSR count). The van der Waals surface area contributed by atoms with E-state index in [1.54, 1.807) is 12.1 Å². The number of hydrogen-bond acceptors (Lipinski definition) is 5. The van der Waals surface area contributed by atoms with Gasteiger partial charge in [0.2, 0.25) is 0 Å². The molecule has 1 aromatic rings. The highest BCUT2D eigenvalue weighted by Crippen LogP contribution is 2.13. The number of nitrogens with one attached hydrogen (secondary N) is 1. The molecule has 0 aliphatic carbocycles. The lowest BCUT2D eigenvalue weighted by Gasteiger charge is -2.07. The molecule has 0 unspecified atom stereocenters. The lowest BCUT2D eigenvalue weighted by Crippen LogP contribution is -2.17. The van der Waals surface area contributed by atoms with Gasteiger partial charge in [-0.05, 0) is 32.0 Å². The minimum absolute atomic E-state index is 0.0640. The number of aromatic nitrogens is 1. The second-order valence-corrected chi connectivity index (χ2v) is 3.78. The number of nitrogens with zero attached hydrogens (tertiary/aromatic N) is 1. The number of aromatic hydroxyl groups is 1. The molecule has 0 aromatic carbocycles. The first-order valence-corrected chi connectivity index (χ1v) is 5.79. The van der Waals surface area contributed by atoms with Gasteiger partial charge in [0.15, 0.2) is 0 Å². The van der Waals surface area contributed by atoms with Crippen LogP contribution in [0, 0.1) is 6.92 Å². The van der Waals surface area contributed by atoms with Gasteiger partial charge in [0.25, 0.3) is 0 Å². The summed E-state index contributed by atoms with van der Waals surface area (Å²) < 4.78 is 5.12. The van der Waals surface area contributed by atoms with E-state index in [9.17, 15) is 5.11 Å². The Bertz CT molecular complexity index is 332. The van der Waals surface area contributed by atoms with Gasteiger partial charge in [0.05, 0.1) is 18.9 Å². The van der Waals surface area contributed by atoms with Crippen molar-refractivity contribution in [1.29, 1.82) is 0 Å². The third-order valence-corrected chi connectivity index (χ3v) is 2.26. The molecule has 1 aromatic heterocycles. The van der Waals surface area contributed by atoms with E-state index in [0.717, 1.165) is 18.7 Å². The molecule has 1 heterocycles. The molecule has 5 heteroatoms. The molecule has 0 aliphatic rings. The Morgan fingerprint density at radius 3 is 2.94 bits per heavy atom. The van der Waals surface area contributed by atoms with Crippen LogP contribution in [0.4, 0.5) is 0 Å². The van der Waals surface area contributed by atoms with Crippen molar-refractivity contribution in [2.75, 3.05) is 26.4 Å². The van der Waals surface area contributed by atoms with E-state index in [-0.39, 0.29) is 12.4 Å². The number of aryl methyl sites for hydroxylation is 1. The minimum atomic E-state index is 0.0640. The fourth-order valence-corrected chi connectivity index (χ4v) is 1.41. The molecule has 0 atom stereocenters. The summed E-state index contributed by atoms with van der Waals surface area (Å²) in [5.74, 6) is 0.222. The molecule has 0 radical (unpaired) electrons. The van der Waals surface area contributed by atoms with Gasteiger partial charge in [0, 0.05) is 18.8 Å². The van der Waals surface area contributed by atoms with Gasteiger partial charge < -0.3 is 20.3 Å². The highest BCUT2D eigenvalue weighted by molar-refractivity contribution is 5.27. The summed E-state index contributed by atoms with van der Waals surface area (Å²) in [5.41, 5.74) is 1.56. The summed E-state index contributed by atoms with van der Waals surface area (Å²) in [6.07, 6.45) is 0.868. The third kappa shape index (κ3) is 5.63. The Balaban J connectivity index is 2.15. The van der Waals surface area contributed by atoms with E-state index in [1.807, 2.05) is 6.92 Å².